The maximum absolute atomic E-state index is 2.30. The van der Waals surface area contributed by atoms with Crippen LogP contribution < -0.4 is 0 Å². The van der Waals surface area contributed by atoms with Gasteiger partial charge in [0, 0.05) is 0 Å². The fourth-order valence-electron chi connectivity index (χ4n) is 0.319. The van der Waals surface area contributed by atoms with Crippen molar-refractivity contribution in [3.05, 3.63) is 6.42 Å². The average molecular weight is 117 g/mol. The SMILES string of the molecule is CC[CH]CSCC. The quantitative estimate of drug-likeness (QED) is 0.509. The lowest BCUT2D eigenvalue weighted by Crippen LogP contribution is -1.77. The third-order valence-electron chi connectivity index (χ3n) is 0.729. The van der Waals surface area contributed by atoms with E-state index in [2.05, 4.69) is 20.3 Å². The number of unbranched alkanes of at least 4 members (excludes halogenated alkanes) is 1. The van der Waals surface area contributed by atoms with E-state index in [1.807, 2.05) is 11.8 Å². The molecule has 0 saturated heterocycles. The van der Waals surface area contributed by atoms with E-state index in [1.165, 1.54) is 17.9 Å². The molecule has 0 saturated carbocycles. The van der Waals surface area contributed by atoms with Crippen LogP contribution >= 0.6 is 11.8 Å². The Bertz CT molecular complexity index is 23.4. The van der Waals surface area contributed by atoms with Crippen LogP contribution in [0.3, 0.4) is 0 Å². The summed E-state index contributed by atoms with van der Waals surface area (Å²) in [6.07, 6.45) is 3.52. The maximum Gasteiger partial charge on any atom is -0.00364 e. The molecule has 1 radical (unpaired) electrons. The van der Waals surface area contributed by atoms with Gasteiger partial charge in [0.05, 0.1) is 0 Å². The third kappa shape index (κ3) is 6.35. The molecule has 0 unspecified atom stereocenters. The van der Waals surface area contributed by atoms with Gasteiger partial charge in [-0.2, -0.15) is 11.8 Å². The molecule has 1 heteroatoms. The lowest BCUT2D eigenvalue weighted by atomic mass is 10.4. The molecule has 0 bridgehead atoms. The highest BCUT2D eigenvalue weighted by Gasteiger charge is 1.80. The molecule has 0 N–H and O–H groups in total. The zero-order chi connectivity index (χ0) is 5.54. The van der Waals surface area contributed by atoms with E-state index in [1.54, 1.807) is 0 Å². The molecule has 0 rings (SSSR count). The van der Waals surface area contributed by atoms with Gasteiger partial charge in [-0.1, -0.05) is 20.3 Å². The van der Waals surface area contributed by atoms with E-state index >= 15 is 0 Å². The van der Waals surface area contributed by atoms with Crippen LogP contribution in [-0.2, 0) is 0 Å². The minimum absolute atomic E-state index is 1.22. The largest absolute Gasteiger partial charge is 0.162 e. The molecule has 0 heterocycles. The highest BCUT2D eigenvalue weighted by atomic mass is 32.2. The smallest absolute Gasteiger partial charge is 0.00364 e. The Kier molecular flexibility index (Phi) is 6.67. The van der Waals surface area contributed by atoms with Gasteiger partial charge in [-0.05, 0) is 17.9 Å². The van der Waals surface area contributed by atoms with Crippen LogP contribution in [0.4, 0.5) is 0 Å². The molecule has 0 aliphatic heterocycles. The van der Waals surface area contributed by atoms with Crippen LogP contribution in [0, 0.1) is 6.42 Å². The van der Waals surface area contributed by atoms with Gasteiger partial charge < -0.3 is 0 Å². The topological polar surface area (TPSA) is 0 Å². The summed E-state index contributed by atoms with van der Waals surface area (Å²) in [5.74, 6) is 2.48. The summed E-state index contributed by atoms with van der Waals surface area (Å²) in [6.45, 7) is 4.37. The van der Waals surface area contributed by atoms with Crippen molar-refractivity contribution < 1.29 is 0 Å². The molecule has 0 amide bonds. The minimum atomic E-state index is 1.22. The Balaban J connectivity index is 2.45. The Hall–Kier alpha value is 0.350. The molecule has 0 fully saturated rings. The summed E-state index contributed by atoms with van der Waals surface area (Å²) >= 11 is 1.98. The lowest BCUT2D eigenvalue weighted by Gasteiger charge is -1.90. The van der Waals surface area contributed by atoms with Crippen molar-refractivity contribution in [2.45, 2.75) is 20.3 Å². The first-order valence-electron chi connectivity index (χ1n) is 2.81. The minimum Gasteiger partial charge on any atom is -0.162 e. The third-order valence-corrected chi connectivity index (χ3v) is 1.61. The number of hydrogen-bond donors (Lipinski definition) is 0. The summed E-state index contributed by atoms with van der Waals surface area (Å²) < 4.78 is 0. The lowest BCUT2D eigenvalue weighted by molar-refractivity contribution is 1.10. The van der Waals surface area contributed by atoms with E-state index < -0.39 is 0 Å². The first kappa shape index (κ1) is 7.35. The Morgan fingerprint density at radius 3 is 2.57 bits per heavy atom. The molecular formula is C6H13S. The van der Waals surface area contributed by atoms with E-state index in [-0.39, 0.29) is 0 Å². The van der Waals surface area contributed by atoms with E-state index in [9.17, 15) is 0 Å². The Morgan fingerprint density at radius 1 is 1.43 bits per heavy atom. The fourth-order valence-corrected chi connectivity index (χ4v) is 0.957. The average Bonchev–Trinajstić information content (AvgIpc) is 1.69. The molecule has 0 aliphatic carbocycles. The molecule has 0 spiro atoms. The number of rotatable bonds is 4. The Labute approximate surface area is 50.7 Å². The highest BCUT2D eigenvalue weighted by Crippen LogP contribution is 2.00. The van der Waals surface area contributed by atoms with Gasteiger partial charge >= 0.3 is 0 Å². The highest BCUT2D eigenvalue weighted by molar-refractivity contribution is 7.99. The number of thioether (sulfide) groups is 1. The maximum atomic E-state index is 2.30. The summed E-state index contributed by atoms with van der Waals surface area (Å²) in [5.41, 5.74) is 0. The van der Waals surface area contributed by atoms with E-state index in [0.717, 1.165) is 0 Å². The summed E-state index contributed by atoms with van der Waals surface area (Å²) in [4.78, 5) is 0. The summed E-state index contributed by atoms with van der Waals surface area (Å²) in [5, 5.41) is 0. The van der Waals surface area contributed by atoms with Gasteiger partial charge in [-0.3, -0.25) is 0 Å². The van der Waals surface area contributed by atoms with Crippen molar-refractivity contribution in [1.29, 1.82) is 0 Å². The van der Waals surface area contributed by atoms with Gasteiger partial charge in [-0.15, -0.1) is 0 Å². The van der Waals surface area contributed by atoms with Crippen LogP contribution in [0.15, 0.2) is 0 Å². The van der Waals surface area contributed by atoms with Crippen LogP contribution in [-0.4, -0.2) is 11.5 Å². The normalized spacial score (nSPS) is 9.43. The van der Waals surface area contributed by atoms with Crippen LogP contribution in [0.5, 0.6) is 0 Å². The first-order valence-corrected chi connectivity index (χ1v) is 3.96. The molecule has 43 valence electrons. The molecule has 7 heavy (non-hydrogen) atoms. The summed E-state index contributed by atoms with van der Waals surface area (Å²) in [6, 6.07) is 0. The van der Waals surface area contributed by atoms with Crippen molar-refractivity contribution in [3.63, 3.8) is 0 Å². The monoisotopic (exact) mass is 117 g/mol. The van der Waals surface area contributed by atoms with Gasteiger partial charge in [0.2, 0.25) is 0 Å². The van der Waals surface area contributed by atoms with Crippen molar-refractivity contribution in [3.8, 4) is 0 Å². The molecule has 0 atom stereocenters. The standard InChI is InChI=1S/C6H13S/c1-3-5-6-7-4-2/h5H,3-4,6H2,1-2H3. The van der Waals surface area contributed by atoms with Crippen molar-refractivity contribution in [2.75, 3.05) is 11.5 Å². The van der Waals surface area contributed by atoms with Crippen molar-refractivity contribution in [1.82, 2.24) is 0 Å². The van der Waals surface area contributed by atoms with E-state index in [0.29, 0.717) is 0 Å². The van der Waals surface area contributed by atoms with Gasteiger partial charge in [0.25, 0.3) is 0 Å². The second kappa shape index (κ2) is 6.35. The predicted octanol–water partition coefficient (Wildman–Crippen LogP) is 2.35. The van der Waals surface area contributed by atoms with Crippen molar-refractivity contribution in [2.24, 2.45) is 0 Å². The van der Waals surface area contributed by atoms with Gasteiger partial charge in [-0.25, -0.2) is 0 Å². The van der Waals surface area contributed by atoms with Crippen LogP contribution in [0.1, 0.15) is 20.3 Å². The molecule has 0 aromatic heterocycles. The predicted molar refractivity (Wildman–Crippen MR) is 37.6 cm³/mol. The molecular weight excluding hydrogens is 104 g/mol. The molecule has 0 aromatic rings. The second-order valence-corrected chi connectivity index (χ2v) is 2.68. The van der Waals surface area contributed by atoms with Crippen molar-refractivity contribution >= 4 is 11.8 Å². The van der Waals surface area contributed by atoms with Gasteiger partial charge in [0.15, 0.2) is 0 Å². The second-order valence-electron chi connectivity index (χ2n) is 1.36. The van der Waals surface area contributed by atoms with Gasteiger partial charge in [0.1, 0.15) is 0 Å². The zero-order valence-corrected chi connectivity index (χ0v) is 5.92. The zero-order valence-electron chi connectivity index (χ0n) is 5.11. The van der Waals surface area contributed by atoms with Crippen LogP contribution in [0.25, 0.3) is 0 Å². The fraction of sp³-hybridized carbons (Fsp3) is 0.833. The molecule has 0 aromatic carbocycles. The number of hydrogen-bond acceptors (Lipinski definition) is 1. The molecule has 0 aliphatic rings. The molecule has 0 nitrogen and oxygen atoms in total. The van der Waals surface area contributed by atoms with Crippen LogP contribution in [0.2, 0.25) is 0 Å². The first-order chi connectivity index (χ1) is 3.41. The summed E-state index contributed by atoms with van der Waals surface area (Å²) in [7, 11) is 0. The van der Waals surface area contributed by atoms with E-state index in [4.69, 9.17) is 0 Å². The Morgan fingerprint density at radius 2 is 2.14 bits per heavy atom.